The molecule has 108 valence electrons. The molecule has 6 heteroatoms. The van der Waals surface area contributed by atoms with Crippen LogP contribution in [0.5, 0.6) is 0 Å². The van der Waals surface area contributed by atoms with Gasteiger partial charge in [0.05, 0.1) is 12.0 Å². The first-order valence-electron chi connectivity index (χ1n) is 6.88. The molecular weight excluding hydrogens is 248 g/mol. The first-order valence-corrected chi connectivity index (χ1v) is 6.88. The third-order valence-corrected chi connectivity index (χ3v) is 4.06. The molecule has 2 rings (SSSR count). The quantitative estimate of drug-likeness (QED) is 0.790. The lowest BCUT2D eigenvalue weighted by molar-refractivity contribution is -0.150. The van der Waals surface area contributed by atoms with E-state index in [1.54, 1.807) is 16.7 Å². The fourth-order valence-corrected chi connectivity index (χ4v) is 2.69. The number of rotatable bonds is 4. The van der Waals surface area contributed by atoms with Crippen molar-refractivity contribution in [3.8, 4) is 0 Å². The van der Waals surface area contributed by atoms with Gasteiger partial charge in [-0.25, -0.2) is 4.79 Å². The van der Waals surface area contributed by atoms with Crippen molar-refractivity contribution in [2.24, 2.45) is 5.41 Å². The second kappa shape index (κ2) is 5.36. The zero-order valence-electron chi connectivity index (χ0n) is 11.3. The minimum atomic E-state index is -0.845. The van der Waals surface area contributed by atoms with Crippen molar-refractivity contribution >= 4 is 12.0 Å². The Hall–Kier alpha value is -1.30. The van der Waals surface area contributed by atoms with E-state index in [9.17, 15) is 14.7 Å². The van der Waals surface area contributed by atoms with E-state index in [0.717, 1.165) is 12.8 Å². The summed E-state index contributed by atoms with van der Waals surface area (Å²) < 4.78 is 0. The smallest absolute Gasteiger partial charge is 0.320 e. The van der Waals surface area contributed by atoms with Crippen LogP contribution >= 0.6 is 0 Å². The lowest BCUT2D eigenvalue weighted by atomic mass is 9.82. The number of amides is 2. The summed E-state index contributed by atoms with van der Waals surface area (Å²) in [5.41, 5.74) is -0.845. The molecule has 0 radical (unpaired) electrons. The molecule has 0 bridgehead atoms. The number of urea groups is 1. The Labute approximate surface area is 113 Å². The average Bonchev–Trinajstić information content (AvgIpc) is 3.19. The third-order valence-electron chi connectivity index (χ3n) is 4.06. The van der Waals surface area contributed by atoms with Crippen LogP contribution in [0, 0.1) is 5.41 Å². The molecule has 1 aliphatic carbocycles. The molecule has 1 atom stereocenters. The number of carboxylic acids is 1. The lowest BCUT2D eigenvalue weighted by Crippen LogP contribution is -2.53. The predicted octanol–water partition coefficient (Wildman–Crippen LogP) is 0.750. The SMILES string of the molecule is CC1(C(=O)O)CCCN(C(=O)N(CCO)C2CC2)C1. The highest BCUT2D eigenvalue weighted by molar-refractivity contribution is 5.79. The van der Waals surface area contributed by atoms with Crippen molar-refractivity contribution in [3.63, 3.8) is 0 Å². The molecule has 2 N–H and O–H groups in total. The number of carbonyl (C=O) groups excluding carboxylic acids is 1. The number of hydrogen-bond acceptors (Lipinski definition) is 3. The standard InChI is InChI=1S/C13H22N2O4/c1-13(11(17)18)5-2-6-14(9-13)12(19)15(7-8-16)10-3-4-10/h10,16H,2-9H2,1H3,(H,17,18). The zero-order chi connectivity index (χ0) is 14.0. The van der Waals surface area contributed by atoms with E-state index >= 15 is 0 Å². The Morgan fingerprint density at radius 3 is 2.63 bits per heavy atom. The number of carbonyl (C=O) groups is 2. The molecule has 2 amide bonds. The fourth-order valence-electron chi connectivity index (χ4n) is 2.69. The summed E-state index contributed by atoms with van der Waals surface area (Å²) in [5, 5.41) is 18.3. The number of aliphatic hydroxyl groups is 1. The second-order valence-electron chi connectivity index (χ2n) is 5.82. The minimum Gasteiger partial charge on any atom is -0.481 e. The molecule has 0 spiro atoms. The maximum absolute atomic E-state index is 12.4. The normalized spacial score (nSPS) is 27.2. The highest BCUT2D eigenvalue weighted by Crippen LogP contribution is 2.32. The number of hydrogen-bond donors (Lipinski definition) is 2. The molecule has 1 heterocycles. The minimum absolute atomic E-state index is 0.0493. The van der Waals surface area contributed by atoms with Crippen LogP contribution in [0.3, 0.4) is 0 Å². The lowest BCUT2D eigenvalue weighted by Gasteiger charge is -2.39. The van der Waals surface area contributed by atoms with Gasteiger partial charge >= 0.3 is 12.0 Å². The van der Waals surface area contributed by atoms with Gasteiger partial charge in [0, 0.05) is 25.7 Å². The summed E-state index contributed by atoms with van der Waals surface area (Å²) in [6, 6.07) is 0.112. The molecule has 2 fully saturated rings. The van der Waals surface area contributed by atoms with E-state index in [2.05, 4.69) is 0 Å². The predicted molar refractivity (Wildman–Crippen MR) is 68.8 cm³/mol. The van der Waals surface area contributed by atoms with Crippen molar-refractivity contribution in [3.05, 3.63) is 0 Å². The van der Waals surface area contributed by atoms with Crippen molar-refractivity contribution in [1.29, 1.82) is 0 Å². The maximum Gasteiger partial charge on any atom is 0.320 e. The first kappa shape index (κ1) is 14.1. The van der Waals surface area contributed by atoms with Crippen molar-refractivity contribution in [2.45, 2.75) is 38.6 Å². The highest BCUT2D eigenvalue weighted by Gasteiger charge is 2.42. The van der Waals surface area contributed by atoms with E-state index in [-0.39, 0.29) is 25.2 Å². The summed E-state index contributed by atoms with van der Waals surface area (Å²) in [6.45, 7) is 2.85. The molecule has 1 saturated heterocycles. The Morgan fingerprint density at radius 2 is 2.11 bits per heavy atom. The van der Waals surface area contributed by atoms with Gasteiger partial charge < -0.3 is 20.0 Å². The van der Waals surface area contributed by atoms with Crippen molar-refractivity contribution < 1.29 is 19.8 Å². The molecule has 0 aromatic rings. The number of aliphatic carboxylic acids is 1. The van der Waals surface area contributed by atoms with E-state index < -0.39 is 11.4 Å². The number of aliphatic hydroxyl groups excluding tert-OH is 1. The Kier molecular flexibility index (Phi) is 3.99. The molecule has 1 aliphatic heterocycles. The van der Waals surface area contributed by atoms with Crippen molar-refractivity contribution in [1.82, 2.24) is 9.80 Å². The summed E-state index contributed by atoms with van der Waals surface area (Å²) >= 11 is 0. The van der Waals surface area contributed by atoms with Gasteiger partial charge in [0.15, 0.2) is 0 Å². The second-order valence-corrected chi connectivity index (χ2v) is 5.82. The summed E-state index contributed by atoms with van der Waals surface area (Å²) in [7, 11) is 0. The van der Waals surface area contributed by atoms with Crippen LogP contribution in [0.25, 0.3) is 0 Å². The average molecular weight is 270 g/mol. The molecule has 6 nitrogen and oxygen atoms in total. The highest BCUT2D eigenvalue weighted by atomic mass is 16.4. The molecular formula is C13H22N2O4. The molecule has 0 aromatic heterocycles. The monoisotopic (exact) mass is 270 g/mol. The largest absolute Gasteiger partial charge is 0.481 e. The van der Waals surface area contributed by atoms with Crippen LogP contribution in [0.2, 0.25) is 0 Å². The number of nitrogens with zero attached hydrogens (tertiary/aromatic N) is 2. The Bertz CT molecular complexity index is 370. The topological polar surface area (TPSA) is 81.1 Å². The third kappa shape index (κ3) is 3.00. The molecule has 1 unspecified atom stereocenters. The maximum atomic E-state index is 12.4. The van der Waals surface area contributed by atoms with Gasteiger partial charge in [-0.3, -0.25) is 4.79 Å². The molecule has 2 aliphatic rings. The Balaban J connectivity index is 2.03. The molecule has 19 heavy (non-hydrogen) atoms. The van der Waals surface area contributed by atoms with Crippen LogP contribution < -0.4 is 0 Å². The van der Waals surface area contributed by atoms with Gasteiger partial charge in [0.25, 0.3) is 0 Å². The van der Waals surface area contributed by atoms with Crippen LogP contribution in [-0.4, -0.2) is 64.3 Å². The van der Waals surface area contributed by atoms with Crippen molar-refractivity contribution in [2.75, 3.05) is 26.2 Å². The van der Waals surface area contributed by atoms with E-state index in [0.29, 0.717) is 25.9 Å². The van der Waals surface area contributed by atoms with Gasteiger partial charge in [0.1, 0.15) is 0 Å². The number of piperidine rings is 1. The number of carboxylic acid groups (broad SMARTS) is 1. The summed E-state index contributed by atoms with van der Waals surface area (Å²) in [5.74, 6) is -0.842. The van der Waals surface area contributed by atoms with Gasteiger partial charge in [-0.15, -0.1) is 0 Å². The van der Waals surface area contributed by atoms with Crippen LogP contribution in [-0.2, 0) is 4.79 Å². The zero-order valence-corrected chi connectivity index (χ0v) is 11.3. The van der Waals surface area contributed by atoms with Gasteiger partial charge in [0.2, 0.25) is 0 Å². The van der Waals surface area contributed by atoms with E-state index in [1.807, 2.05) is 0 Å². The first-order chi connectivity index (χ1) is 8.98. The van der Waals surface area contributed by atoms with Crippen LogP contribution in [0.1, 0.15) is 32.6 Å². The summed E-state index contributed by atoms with van der Waals surface area (Å²) in [4.78, 5) is 27.0. The van der Waals surface area contributed by atoms with Crippen LogP contribution in [0.4, 0.5) is 4.79 Å². The van der Waals surface area contributed by atoms with Gasteiger partial charge in [-0.2, -0.15) is 0 Å². The summed E-state index contributed by atoms with van der Waals surface area (Å²) in [6.07, 6.45) is 3.28. The molecule has 1 saturated carbocycles. The number of likely N-dealkylation sites (tertiary alicyclic amines) is 1. The molecule has 0 aromatic carbocycles. The van der Waals surface area contributed by atoms with Crippen LogP contribution in [0.15, 0.2) is 0 Å². The van der Waals surface area contributed by atoms with E-state index in [1.165, 1.54) is 0 Å². The fraction of sp³-hybridized carbons (Fsp3) is 0.846. The van der Waals surface area contributed by atoms with E-state index in [4.69, 9.17) is 5.11 Å². The van der Waals surface area contributed by atoms with Gasteiger partial charge in [-0.1, -0.05) is 0 Å². The Morgan fingerprint density at radius 1 is 1.42 bits per heavy atom. The van der Waals surface area contributed by atoms with Gasteiger partial charge in [-0.05, 0) is 32.6 Å².